The number of imidazole rings is 1. The van der Waals surface area contributed by atoms with Crippen LogP contribution in [0.4, 0.5) is 15.8 Å². The van der Waals surface area contributed by atoms with Crippen LogP contribution in [0.5, 0.6) is 0 Å². The molecule has 1 aromatic carbocycles. The number of hydrogen-bond donors (Lipinski definition) is 3. The number of alkyl halides is 1. The van der Waals surface area contributed by atoms with Gasteiger partial charge in [0.2, 0.25) is 10.0 Å². The van der Waals surface area contributed by atoms with E-state index < -0.39 is 31.2 Å². The Morgan fingerprint density at radius 1 is 1.40 bits per heavy atom. The lowest BCUT2D eigenvalue weighted by molar-refractivity contribution is -0.384. The number of aromatic amines is 1. The predicted octanol–water partition coefficient (Wildman–Crippen LogP) is 1.07. The molecule has 1 saturated heterocycles. The molecule has 1 saturated carbocycles. The van der Waals surface area contributed by atoms with Gasteiger partial charge in [0.05, 0.1) is 16.8 Å². The first-order valence-electron chi connectivity index (χ1n) is 9.43. The zero-order chi connectivity index (χ0) is 21.7. The fourth-order valence-electron chi connectivity index (χ4n) is 4.04. The Labute approximate surface area is 171 Å². The minimum Gasteiger partial charge on any atom is -0.374 e. The van der Waals surface area contributed by atoms with Gasteiger partial charge in [-0.2, -0.15) is 0 Å². The molecule has 11 nitrogen and oxygen atoms in total. The van der Waals surface area contributed by atoms with Crippen molar-refractivity contribution < 1.29 is 22.5 Å². The van der Waals surface area contributed by atoms with E-state index in [0.717, 1.165) is 6.07 Å². The molecule has 0 amide bonds. The number of aromatic nitrogens is 2. The standard InChI is InChI=1S/C17H21FN6O5S/c18-17(1-3-23(4-2-17)10-5-11(25)6-10)8-20-14-12(24(26)27)7-13(30(19,28)29)15-16(14)22-9-21-15/h7,9-10,20H,1-6,8H2,(H,21,22)(H2,19,28,29). The number of anilines is 1. The molecule has 2 fully saturated rings. The van der Waals surface area contributed by atoms with E-state index in [1.807, 2.05) is 0 Å². The smallest absolute Gasteiger partial charge is 0.296 e. The summed E-state index contributed by atoms with van der Waals surface area (Å²) in [6.07, 6.45) is 2.66. The molecule has 30 heavy (non-hydrogen) atoms. The van der Waals surface area contributed by atoms with Gasteiger partial charge in [0.25, 0.3) is 5.69 Å². The van der Waals surface area contributed by atoms with Crippen molar-refractivity contribution in [3.63, 3.8) is 0 Å². The van der Waals surface area contributed by atoms with Crippen LogP contribution in [0.25, 0.3) is 11.0 Å². The molecule has 2 aliphatic rings. The van der Waals surface area contributed by atoms with Crippen LogP contribution in [-0.4, -0.2) is 65.3 Å². The molecule has 0 atom stereocenters. The summed E-state index contributed by atoms with van der Waals surface area (Å²) in [6.45, 7) is 0.818. The van der Waals surface area contributed by atoms with E-state index in [4.69, 9.17) is 5.14 Å². The van der Waals surface area contributed by atoms with Gasteiger partial charge >= 0.3 is 0 Å². The summed E-state index contributed by atoms with van der Waals surface area (Å²) in [5.41, 5.74) is -2.15. The molecular formula is C17H21FN6O5S. The second kappa shape index (κ2) is 7.25. The van der Waals surface area contributed by atoms with Crippen LogP contribution in [0, 0.1) is 10.1 Å². The molecule has 0 unspecified atom stereocenters. The maximum absolute atomic E-state index is 15.4. The molecule has 1 aliphatic heterocycles. The Hall–Kier alpha value is -2.64. The van der Waals surface area contributed by atoms with Crippen LogP contribution >= 0.6 is 0 Å². The number of Topliss-reactive ketones (excluding diaryl/α,β-unsaturated/α-hetero) is 1. The summed E-state index contributed by atoms with van der Waals surface area (Å²) < 4.78 is 39.0. The van der Waals surface area contributed by atoms with Crippen molar-refractivity contribution in [2.24, 2.45) is 5.14 Å². The lowest BCUT2D eigenvalue weighted by Gasteiger charge is -2.43. The van der Waals surface area contributed by atoms with Crippen molar-refractivity contribution in [1.29, 1.82) is 0 Å². The highest BCUT2D eigenvalue weighted by molar-refractivity contribution is 7.89. The van der Waals surface area contributed by atoms with Crippen LogP contribution < -0.4 is 10.5 Å². The minimum absolute atomic E-state index is 0.0380. The number of nitrogens with two attached hydrogens (primary N) is 1. The lowest BCUT2D eigenvalue weighted by atomic mass is 9.85. The average molecular weight is 440 g/mol. The van der Waals surface area contributed by atoms with Crippen LogP contribution in [0.3, 0.4) is 0 Å². The number of likely N-dealkylation sites (tertiary alicyclic amines) is 1. The van der Waals surface area contributed by atoms with Gasteiger partial charge < -0.3 is 10.3 Å². The first-order chi connectivity index (χ1) is 14.1. The van der Waals surface area contributed by atoms with Gasteiger partial charge in [-0.15, -0.1) is 0 Å². The summed E-state index contributed by atoms with van der Waals surface area (Å²) in [7, 11) is -4.25. The highest BCUT2D eigenvalue weighted by Gasteiger charge is 2.40. The van der Waals surface area contributed by atoms with Gasteiger partial charge in [0, 0.05) is 44.6 Å². The van der Waals surface area contributed by atoms with Crippen LogP contribution in [0.1, 0.15) is 25.7 Å². The van der Waals surface area contributed by atoms with Gasteiger partial charge in [-0.05, 0) is 12.8 Å². The Morgan fingerprint density at radius 2 is 2.07 bits per heavy atom. The Bertz CT molecular complexity index is 1120. The number of H-pyrrole nitrogens is 1. The van der Waals surface area contributed by atoms with E-state index in [9.17, 15) is 23.3 Å². The number of nitrogens with zero attached hydrogens (tertiary/aromatic N) is 3. The van der Waals surface area contributed by atoms with Crippen molar-refractivity contribution in [2.75, 3.05) is 25.0 Å². The summed E-state index contributed by atoms with van der Waals surface area (Å²) >= 11 is 0. The molecule has 0 radical (unpaired) electrons. The van der Waals surface area contributed by atoms with Gasteiger partial charge in [0.1, 0.15) is 27.6 Å². The number of rotatable bonds is 6. The number of carbonyl (C=O) groups excluding carboxylic acids is 1. The normalized spacial score (nSPS) is 20.3. The Balaban J connectivity index is 1.55. The molecule has 1 aliphatic carbocycles. The van der Waals surface area contributed by atoms with Crippen molar-refractivity contribution in [1.82, 2.24) is 14.9 Å². The van der Waals surface area contributed by atoms with Gasteiger partial charge in [-0.25, -0.2) is 22.9 Å². The second-order valence-corrected chi connectivity index (χ2v) is 9.37. The summed E-state index contributed by atoms with van der Waals surface area (Å²) in [6, 6.07) is 1.02. The fourth-order valence-corrected chi connectivity index (χ4v) is 4.74. The number of nitrogens with one attached hydrogen (secondary N) is 2. The van der Waals surface area contributed by atoms with Crippen LogP contribution in [0.2, 0.25) is 0 Å². The number of sulfonamides is 1. The molecular weight excluding hydrogens is 419 g/mol. The first kappa shape index (κ1) is 20.6. The fraction of sp³-hybridized carbons (Fsp3) is 0.529. The minimum atomic E-state index is -4.25. The Morgan fingerprint density at radius 3 is 2.63 bits per heavy atom. The largest absolute Gasteiger partial charge is 0.374 e. The van der Waals surface area contributed by atoms with E-state index in [0.29, 0.717) is 25.9 Å². The Kier molecular flexibility index (Phi) is 4.98. The van der Waals surface area contributed by atoms with E-state index in [1.165, 1.54) is 6.33 Å². The zero-order valence-corrected chi connectivity index (χ0v) is 16.7. The lowest BCUT2D eigenvalue weighted by Crippen LogP contribution is -2.52. The second-order valence-electron chi connectivity index (χ2n) is 7.84. The number of hydrogen-bond acceptors (Lipinski definition) is 8. The monoisotopic (exact) mass is 440 g/mol. The topological polar surface area (TPSA) is 164 Å². The number of nitro benzene ring substituents is 1. The quantitative estimate of drug-likeness (QED) is 0.443. The van der Waals surface area contributed by atoms with E-state index >= 15 is 4.39 Å². The highest BCUT2D eigenvalue weighted by Crippen LogP contribution is 2.37. The molecule has 0 spiro atoms. The predicted molar refractivity (Wildman–Crippen MR) is 105 cm³/mol. The third-order valence-corrected chi connectivity index (χ3v) is 6.79. The molecule has 4 rings (SSSR count). The molecule has 0 bridgehead atoms. The van der Waals surface area contributed by atoms with Gasteiger partial charge in [0.15, 0.2) is 0 Å². The van der Waals surface area contributed by atoms with Crippen LogP contribution in [-0.2, 0) is 14.8 Å². The van der Waals surface area contributed by atoms with Crippen molar-refractivity contribution in [3.05, 3.63) is 22.5 Å². The number of primary sulfonamides is 1. The van der Waals surface area contributed by atoms with E-state index in [1.54, 1.807) is 0 Å². The van der Waals surface area contributed by atoms with Crippen molar-refractivity contribution in [3.8, 4) is 0 Å². The van der Waals surface area contributed by atoms with E-state index in [-0.39, 0.29) is 47.9 Å². The first-order valence-corrected chi connectivity index (χ1v) is 11.0. The summed E-state index contributed by atoms with van der Waals surface area (Å²) in [5.74, 6) is 0.220. The number of nitro groups is 1. The third kappa shape index (κ3) is 3.75. The number of halogens is 1. The number of benzene rings is 1. The zero-order valence-electron chi connectivity index (χ0n) is 15.9. The van der Waals surface area contributed by atoms with Crippen molar-refractivity contribution >= 4 is 38.2 Å². The van der Waals surface area contributed by atoms with Gasteiger partial charge in [-0.1, -0.05) is 0 Å². The summed E-state index contributed by atoms with van der Waals surface area (Å²) in [5, 5.41) is 19.5. The number of ketones is 1. The SMILES string of the molecule is NS(=O)(=O)c1cc([N+](=O)[O-])c(NCC2(F)CCN(C3CC(=O)C3)CC2)c2[nH]cnc12. The number of piperidine rings is 1. The molecule has 2 aromatic rings. The molecule has 1 aromatic heterocycles. The highest BCUT2D eigenvalue weighted by atomic mass is 32.2. The van der Waals surface area contributed by atoms with Gasteiger partial charge in [-0.3, -0.25) is 19.8 Å². The third-order valence-electron chi connectivity index (χ3n) is 5.87. The molecule has 4 N–H and O–H groups in total. The molecule has 162 valence electrons. The molecule has 13 heteroatoms. The average Bonchev–Trinajstić information content (AvgIpc) is 3.12. The maximum atomic E-state index is 15.4. The number of fused-ring (bicyclic) bond motifs is 1. The number of carbonyl (C=O) groups is 1. The van der Waals surface area contributed by atoms with E-state index in [2.05, 4.69) is 20.2 Å². The molecule has 2 heterocycles. The van der Waals surface area contributed by atoms with Crippen LogP contribution in [0.15, 0.2) is 17.3 Å². The van der Waals surface area contributed by atoms with Crippen molar-refractivity contribution in [2.45, 2.75) is 42.3 Å². The summed E-state index contributed by atoms with van der Waals surface area (Å²) in [4.78, 5) is 30.2. The maximum Gasteiger partial charge on any atom is 0.296 e.